The minimum absolute atomic E-state index is 0.116. The molecule has 1 amide bonds. The van der Waals surface area contributed by atoms with E-state index in [1.54, 1.807) is 0 Å². The molecule has 1 heterocycles. The van der Waals surface area contributed by atoms with Crippen LogP contribution < -0.4 is 10.2 Å². The van der Waals surface area contributed by atoms with Gasteiger partial charge in [-0.15, -0.1) is 0 Å². The van der Waals surface area contributed by atoms with Crippen LogP contribution >= 0.6 is 15.9 Å². The summed E-state index contributed by atoms with van der Waals surface area (Å²) < 4.78 is 5.97. The maximum Gasteiger partial charge on any atom is 0.365 e. The number of fused-ring (bicyclic) bond motifs is 1. The number of carbonyl (C=O) groups is 2. The lowest BCUT2D eigenvalue weighted by molar-refractivity contribution is -0.924. The lowest BCUT2D eigenvalue weighted by atomic mass is 9.94. The second kappa shape index (κ2) is 8.01. The lowest BCUT2D eigenvalue weighted by Gasteiger charge is -2.31. The number of benzene rings is 2. The molecule has 0 saturated heterocycles. The van der Waals surface area contributed by atoms with Gasteiger partial charge in [-0.1, -0.05) is 40.2 Å². The highest BCUT2D eigenvalue weighted by molar-refractivity contribution is 9.10. The summed E-state index contributed by atoms with van der Waals surface area (Å²) in [4.78, 5) is 25.7. The van der Waals surface area contributed by atoms with Crippen molar-refractivity contribution in [3.05, 3.63) is 63.6 Å². The third-order valence-electron chi connectivity index (χ3n) is 4.77. The van der Waals surface area contributed by atoms with Crippen LogP contribution in [0.5, 0.6) is 0 Å². The summed E-state index contributed by atoms with van der Waals surface area (Å²) in [7, 11) is 1.39. The number of ether oxygens (including phenoxy) is 1. The zero-order valence-electron chi connectivity index (χ0n) is 14.8. The Balaban J connectivity index is 1.74. The van der Waals surface area contributed by atoms with Crippen molar-refractivity contribution >= 4 is 33.5 Å². The Morgan fingerprint density at radius 1 is 1.23 bits per heavy atom. The summed E-state index contributed by atoms with van der Waals surface area (Å²) in [6, 6.07) is 13.4. The van der Waals surface area contributed by atoms with Gasteiger partial charge in [0.2, 0.25) is 0 Å². The van der Waals surface area contributed by atoms with Gasteiger partial charge < -0.3 is 15.0 Å². The van der Waals surface area contributed by atoms with Gasteiger partial charge in [0.15, 0.2) is 12.6 Å². The summed E-state index contributed by atoms with van der Waals surface area (Å²) in [5, 5.41) is 2.93. The zero-order chi connectivity index (χ0) is 18.7. The van der Waals surface area contributed by atoms with E-state index in [1.165, 1.54) is 12.7 Å². The van der Waals surface area contributed by atoms with Gasteiger partial charge in [0.05, 0.1) is 7.11 Å². The molecule has 0 fully saturated rings. The van der Waals surface area contributed by atoms with E-state index in [9.17, 15) is 9.59 Å². The zero-order valence-corrected chi connectivity index (χ0v) is 16.4. The van der Waals surface area contributed by atoms with Crippen LogP contribution in [-0.2, 0) is 27.3 Å². The number of hydrogen-bond acceptors (Lipinski definition) is 3. The van der Waals surface area contributed by atoms with Crippen LogP contribution in [0.1, 0.15) is 16.7 Å². The SMILES string of the molecule is COC(=O)[C@@H]1Cc2ccccc2C[NH+]1CC(=O)Nc1ccc(Br)c(C)c1. The highest BCUT2D eigenvalue weighted by atomic mass is 79.9. The maximum atomic E-state index is 12.5. The predicted molar refractivity (Wildman–Crippen MR) is 103 cm³/mol. The summed E-state index contributed by atoms with van der Waals surface area (Å²) in [5.41, 5.74) is 4.13. The monoisotopic (exact) mass is 417 g/mol. The van der Waals surface area contributed by atoms with E-state index in [1.807, 2.05) is 43.3 Å². The van der Waals surface area contributed by atoms with Crippen molar-refractivity contribution in [3.8, 4) is 0 Å². The van der Waals surface area contributed by atoms with E-state index < -0.39 is 0 Å². The number of aryl methyl sites for hydroxylation is 1. The molecule has 3 rings (SSSR count). The van der Waals surface area contributed by atoms with Crippen molar-refractivity contribution in [2.75, 3.05) is 19.0 Å². The second-order valence-electron chi connectivity index (χ2n) is 6.57. The van der Waals surface area contributed by atoms with Crippen molar-refractivity contribution in [2.45, 2.75) is 25.9 Å². The van der Waals surface area contributed by atoms with Crippen LogP contribution in [0.4, 0.5) is 5.69 Å². The van der Waals surface area contributed by atoms with Crippen molar-refractivity contribution in [2.24, 2.45) is 0 Å². The molecular weight excluding hydrogens is 396 g/mol. The van der Waals surface area contributed by atoms with Crippen LogP contribution in [0.15, 0.2) is 46.9 Å². The smallest absolute Gasteiger partial charge is 0.365 e. The Morgan fingerprint density at radius 2 is 1.96 bits per heavy atom. The highest BCUT2D eigenvalue weighted by Crippen LogP contribution is 2.20. The highest BCUT2D eigenvalue weighted by Gasteiger charge is 2.37. The first-order chi connectivity index (χ1) is 12.5. The van der Waals surface area contributed by atoms with Gasteiger partial charge in [-0.2, -0.15) is 0 Å². The summed E-state index contributed by atoms with van der Waals surface area (Å²) in [5.74, 6) is -0.392. The molecule has 1 aliphatic heterocycles. The van der Waals surface area contributed by atoms with Gasteiger partial charge in [0, 0.05) is 22.1 Å². The van der Waals surface area contributed by atoms with Gasteiger partial charge in [-0.3, -0.25) is 4.79 Å². The third kappa shape index (κ3) is 4.14. The molecule has 0 saturated carbocycles. The number of quaternary nitrogens is 1. The summed E-state index contributed by atoms with van der Waals surface area (Å²) in [6.07, 6.45) is 0.586. The molecule has 0 aromatic heterocycles. The molecular formula is C20H22BrN2O3+. The minimum Gasteiger partial charge on any atom is -0.465 e. The number of carbonyl (C=O) groups excluding carboxylic acids is 2. The van der Waals surface area contributed by atoms with E-state index in [-0.39, 0.29) is 24.5 Å². The number of rotatable bonds is 4. The Labute approximate surface area is 161 Å². The number of nitrogens with one attached hydrogen (secondary N) is 2. The van der Waals surface area contributed by atoms with Gasteiger partial charge in [0.25, 0.3) is 5.91 Å². The molecule has 26 heavy (non-hydrogen) atoms. The Morgan fingerprint density at radius 3 is 2.65 bits per heavy atom. The molecule has 5 nitrogen and oxygen atoms in total. The molecule has 6 heteroatoms. The molecule has 2 aromatic rings. The van der Waals surface area contributed by atoms with Gasteiger partial charge >= 0.3 is 5.97 Å². The van der Waals surface area contributed by atoms with Crippen molar-refractivity contribution in [1.29, 1.82) is 0 Å². The molecule has 0 spiro atoms. The molecule has 2 atom stereocenters. The van der Waals surface area contributed by atoms with Crippen LogP contribution in [0.25, 0.3) is 0 Å². The van der Waals surface area contributed by atoms with Crippen molar-refractivity contribution in [1.82, 2.24) is 0 Å². The number of methoxy groups -OCH3 is 1. The maximum absolute atomic E-state index is 12.5. The molecule has 0 radical (unpaired) electrons. The van der Waals surface area contributed by atoms with Crippen LogP contribution in [0.2, 0.25) is 0 Å². The molecule has 0 aliphatic carbocycles. The first kappa shape index (κ1) is 18.6. The normalized spacial score (nSPS) is 18.7. The number of halogens is 1. The molecule has 1 unspecified atom stereocenters. The fraction of sp³-hybridized carbons (Fsp3) is 0.300. The topological polar surface area (TPSA) is 59.8 Å². The van der Waals surface area contributed by atoms with E-state index >= 15 is 0 Å². The first-order valence-corrected chi connectivity index (χ1v) is 9.32. The number of hydrogen-bond donors (Lipinski definition) is 2. The molecule has 2 aromatic carbocycles. The van der Waals surface area contributed by atoms with Gasteiger partial charge in [0.1, 0.15) is 6.54 Å². The number of amides is 1. The average molecular weight is 418 g/mol. The molecule has 136 valence electrons. The molecule has 2 N–H and O–H groups in total. The number of esters is 1. The van der Waals surface area contributed by atoms with Gasteiger partial charge in [-0.25, -0.2) is 4.79 Å². The van der Waals surface area contributed by atoms with Crippen LogP contribution in [0, 0.1) is 6.92 Å². The summed E-state index contributed by atoms with van der Waals surface area (Å²) in [6.45, 7) is 2.81. The largest absolute Gasteiger partial charge is 0.465 e. The van der Waals surface area contributed by atoms with Crippen molar-refractivity contribution in [3.63, 3.8) is 0 Å². The molecule has 1 aliphatic rings. The summed E-state index contributed by atoms with van der Waals surface area (Å²) >= 11 is 3.45. The standard InChI is InChI=1S/C20H21BrN2O3/c1-13-9-16(7-8-17(13)21)22-19(24)12-23-11-15-6-4-3-5-14(15)10-18(23)20(25)26-2/h3-9,18H,10-12H2,1-2H3,(H,22,24)/p+1/t18-/m0/s1. The molecule has 0 bridgehead atoms. The van der Waals surface area contributed by atoms with E-state index in [2.05, 4.69) is 27.3 Å². The Hall–Kier alpha value is -2.18. The minimum atomic E-state index is -0.368. The third-order valence-corrected chi connectivity index (χ3v) is 5.66. The average Bonchev–Trinajstić information content (AvgIpc) is 2.63. The van der Waals surface area contributed by atoms with E-state index in [0.717, 1.165) is 26.2 Å². The van der Waals surface area contributed by atoms with E-state index in [0.29, 0.717) is 13.0 Å². The predicted octanol–water partition coefficient (Wildman–Crippen LogP) is 1.88. The Bertz CT molecular complexity index is 838. The number of anilines is 1. The lowest BCUT2D eigenvalue weighted by Crippen LogP contribution is -3.17. The fourth-order valence-electron chi connectivity index (χ4n) is 3.37. The fourth-order valence-corrected chi connectivity index (χ4v) is 3.62. The van der Waals surface area contributed by atoms with Crippen LogP contribution in [-0.4, -0.2) is 31.6 Å². The second-order valence-corrected chi connectivity index (χ2v) is 7.43. The van der Waals surface area contributed by atoms with Crippen molar-refractivity contribution < 1.29 is 19.2 Å². The quantitative estimate of drug-likeness (QED) is 0.746. The first-order valence-electron chi connectivity index (χ1n) is 8.53. The van der Waals surface area contributed by atoms with Crippen LogP contribution in [0.3, 0.4) is 0 Å². The van der Waals surface area contributed by atoms with E-state index in [4.69, 9.17) is 4.74 Å². The Kier molecular flexibility index (Phi) is 5.74. The van der Waals surface area contributed by atoms with Gasteiger partial charge in [-0.05, 0) is 36.2 Å².